The van der Waals surface area contributed by atoms with Crippen molar-refractivity contribution in [3.63, 3.8) is 0 Å². The summed E-state index contributed by atoms with van der Waals surface area (Å²) in [5.41, 5.74) is 0.961. The molecule has 0 radical (unpaired) electrons. The molecule has 1 aromatic heterocycles. The predicted octanol–water partition coefficient (Wildman–Crippen LogP) is 1.06. The Morgan fingerprint density at radius 3 is 2.71 bits per heavy atom. The molecule has 1 aromatic rings. The van der Waals surface area contributed by atoms with Gasteiger partial charge in [-0.15, -0.1) is 0 Å². The number of rotatable bonds is 7. The fourth-order valence-corrected chi connectivity index (χ4v) is 1.45. The number of hydrogen-bond acceptors (Lipinski definition) is 5. The Labute approximate surface area is 103 Å². The molecule has 0 saturated carbocycles. The van der Waals surface area contributed by atoms with Crippen LogP contribution in [0.4, 0.5) is 5.82 Å². The van der Waals surface area contributed by atoms with Crippen LogP contribution in [0, 0.1) is 0 Å². The van der Waals surface area contributed by atoms with Gasteiger partial charge < -0.3 is 15.0 Å². The van der Waals surface area contributed by atoms with E-state index in [0.717, 1.165) is 24.6 Å². The molecule has 0 aliphatic heterocycles. The number of nitrogens with zero attached hydrogens (tertiary/aromatic N) is 3. The maximum atomic E-state index is 5.12. The summed E-state index contributed by atoms with van der Waals surface area (Å²) in [6.07, 6.45) is 3.62. The summed E-state index contributed by atoms with van der Waals surface area (Å²) in [5.74, 6) is 0.870. The third-order valence-electron chi connectivity index (χ3n) is 2.68. The minimum Gasteiger partial charge on any atom is -0.383 e. The van der Waals surface area contributed by atoms with Gasteiger partial charge in [0.15, 0.2) is 0 Å². The first-order valence-electron chi connectivity index (χ1n) is 5.92. The highest BCUT2D eigenvalue weighted by Gasteiger charge is 2.10. The van der Waals surface area contributed by atoms with Crippen molar-refractivity contribution in [2.75, 3.05) is 32.2 Å². The SMILES string of the molecule is CCNCc1cnc(N(C)C(C)COC)cn1. The second kappa shape index (κ2) is 7.19. The van der Waals surface area contributed by atoms with Gasteiger partial charge in [0, 0.05) is 20.7 Å². The maximum Gasteiger partial charge on any atom is 0.147 e. The Morgan fingerprint density at radius 1 is 1.41 bits per heavy atom. The lowest BCUT2D eigenvalue weighted by Crippen LogP contribution is -2.33. The summed E-state index contributed by atoms with van der Waals surface area (Å²) in [6, 6.07) is 0.286. The molecule has 1 heterocycles. The van der Waals surface area contributed by atoms with Crippen molar-refractivity contribution in [3.05, 3.63) is 18.1 Å². The Kier molecular flexibility index (Phi) is 5.86. The van der Waals surface area contributed by atoms with Crippen LogP contribution in [0.2, 0.25) is 0 Å². The molecule has 0 spiro atoms. The molecule has 17 heavy (non-hydrogen) atoms. The zero-order chi connectivity index (χ0) is 12.7. The fourth-order valence-electron chi connectivity index (χ4n) is 1.45. The predicted molar refractivity (Wildman–Crippen MR) is 69.2 cm³/mol. The summed E-state index contributed by atoms with van der Waals surface area (Å²) >= 11 is 0. The van der Waals surface area contributed by atoms with E-state index < -0.39 is 0 Å². The Hall–Kier alpha value is -1.20. The van der Waals surface area contributed by atoms with Crippen LogP contribution in [0.3, 0.4) is 0 Å². The van der Waals surface area contributed by atoms with Crippen LogP contribution in [0.5, 0.6) is 0 Å². The lowest BCUT2D eigenvalue weighted by Gasteiger charge is -2.24. The van der Waals surface area contributed by atoms with Crippen LogP contribution in [-0.2, 0) is 11.3 Å². The van der Waals surface area contributed by atoms with Crippen LogP contribution in [0.25, 0.3) is 0 Å². The lowest BCUT2D eigenvalue weighted by molar-refractivity contribution is 0.183. The highest BCUT2D eigenvalue weighted by molar-refractivity contribution is 5.35. The molecule has 0 aliphatic carbocycles. The van der Waals surface area contributed by atoms with E-state index in [1.54, 1.807) is 13.3 Å². The van der Waals surface area contributed by atoms with Crippen molar-refractivity contribution in [3.8, 4) is 0 Å². The fraction of sp³-hybridized carbons (Fsp3) is 0.667. The van der Waals surface area contributed by atoms with Crippen molar-refractivity contribution < 1.29 is 4.74 Å². The van der Waals surface area contributed by atoms with Crippen LogP contribution in [-0.4, -0.2) is 43.3 Å². The molecule has 1 unspecified atom stereocenters. The van der Waals surface area contributed by atoms with Gasteiger partial charge in [-0.25, -0.2) is 4.98 Å². The van der Waals surface area contributed by atoms with Gasteiger partial charge in [-0.1, -0.05) is 6.92 Å². The molecular formula is C12H22N4O. The molecule has 0 aromatic carbocycles. The first-order chi connectivity index (χ1) is 8.19. The number of likely N-dealkylation sites (N-methyl/N-ethyl adjacent to an activating group) is 1. The number of anilines is 1. The van der Waals surface area contributed by atoms with E-state index in [1.165, 1.54) is 0 Å². The van der Waals surface area contributed by atoms with E-state index in [-0.39, 0.29) is 6.04 Å². The maximum absolute atomic E-state index is 5.12. The second-order valence-electron chi connectivity index (χ2n) is 4.06. The Balaban J connectivity index is 2.60. The summed E-state index contributed by atoms with van der Waals surface area (Å²) in [6.45, 7) is 6.55. The van der Waals surface area contributed by atoms with E-state index in [0.29, 0.717) is 6.61 Å². The monoisotopic (exact) mass is 238 g/mol. The standard InChI is InChI=1S/C12H22N4O/c1-5-13-6-11-7-15-12(8-14-11)16(3)10(2)9-17-4/h7-8,10,13H,5-6,9H2,1-4H3. The van der Waals surface area contributed by atoms with Gasteiger partial charge >= 0.3 is 0 Å². The van der Waals surface area contributed by atoms with Crippen molar-refractivity contribution in [2.45, 2.75) is 26.4 Å². The third kappa shape index (κ3) is 4.28. The summed E-state index contributed by atoms with van der Waals surface area (Å²) < 4.78 is 5.12. The largest absolute Gasteiger partial charge is 0.383 e. The first-order valence-corrected chi connectivity index (χ1v) is 5.92. The van der Waals surface area contributed by atoms with E-state index in [4.69, 9.17) is 4.74 Å². The van der Waals surface area contributed by atoms with E-state index in [1.807, 2.05) is 13.2 Å². The lowest BCUT2D eigenvalue weighted by atomic mass is 10.3. The van der Waals surface area contributed by atoms with Gasteiger partial charge in [-0.3, -0.25) is 4.98 Å². The molecule has 0 amide bonds. The number of hydrogen-bond donors (Lipinski definition) is 1. The Morgan fingerprint density at radius 2 is 2.18 bits per heavy atom. The zero-order valence-corrected chi connectivity index (χ0v) is 11.1. The summed E-state index contributed by atoms with van der Waals surface area (Å²) in [4.78, 5) is 10.8. The first kappa shape index (κ1) is 13.9. The van der Waals surface area contributed by atoms with Crippen LogP contribution < -0.4 is 10.2 Å². The Bertz CT molecular complexity index is 315. The summed E-state index contributed by atoms with van der Waals surface area (Å²) in [5, 5.41) is 3.22. The molecule has 5 heteroatoms. The smallest absolute Gasteiger partial charge is 0.147 e. The molecule has 96 valence electrons. The van der Waals surface area contributed by atoms with Gasteiger partial charge in [0.2, 0.25) is 0 Å². The van der Waals surface area contributed by atoms with Crippen LogP contribution in [0.1, 0.15) is 19.5 Å². The van der Waals surface area contributed by atoms with E-state index in [9.17, 15) is 0 Å². The van der Waals surface area contributed by atoms with E-state index >= 15 is 0 Å². The third-order valence-corrected chi connectivity index (χ3v) is 2.68. The number of methoxy groups -OCH3 is 1. The highest BCUT2D eigenvalue weighted by atomic mass is 16.5. The van der Waals surface area contributed by atoms with E-state index in [2.05, 4.69) is 34.0 Å². The molecule has 0 saturated heterocycles. The second-order valence-corrected chi connectivity index (χ2v) is 4.06. The zero-order valence-electron chi connectivity index (χ0n) is 11.1. The number of ether oxygens (including phenoxy) is 1. The molecule has 0 fully saturated rings. The molecule has 0 aliphatic rings. The molecule has 5 nitrogen and oxygen atoms in total. The van der Waals surface area contributed by atoms with Gasteiger partial charge in [-0.05, 0) is 13.5 Å². The van der Waals surface area contributed by atoms with Gasteiger partial charge in [0.05, 0.1) is 30.7 Å². The van der Waals surface area contributed by atoms with Crippen molar-refractivity contribution in [1.29, 1.82) is 0 Å². The van der Waals surface area contributed by atoms with Gasteiger partial charge in [0.25, 0.3) is 0 Å². The minimum absolute atomic E-state index is 0.286. The molecule has 1 rings (SSSR count). The van der Waals surface area contributed by atoms with Crippen molar-refractivity contribution in [1.82, 2.24) is 15.3 Å². The van der Waals surface area contributed by atoms with Gasteiger partial charge in [0.1, 0.15) is 5.82 Å². The topological polar surface area (TPSA) is 50.3 Å². The quantitative estimate of drug-likeness (QED) is 0.769. The number of nitrogens with one attached hydrogen (secondary N) is 1. The average Bonchev–Trinajstić information content (AvgIpc) is 2.36. The highest BCUT2D eigenvalue weighted by Crippen LogP contribution is 2.10. The summed E-state index contributed by atoms with van der Waals surface area (Å²) in [7, 11) is 3.70. The number of aromatic nitrogens is 2. The normalized spacial score (nSPS) is 12.5. The van der Waals surface area contributed by atoms with Crippen LogP contribution in [0.15, 0.2) is 12.4 Å². The van der Waals surface area contributed by atoms with Crippen molar-refractivity contribution in [2.24, 2.45) is 0 Å². The molecule has 1 N–H and O–H groups in total. The average molecular weight is 238 g/mol. The molecule has 0 bridgehead atoms. The minimum atomic E-state index is 0.286. The van der Waals surface area contributed by atoms with Crippen LogP contribution >= 0.6 is 0 Å². The molecular weight excluding hydrogens is 216 g/mol. The molecule has 1 atom stereocenters. The van der Waals surface area contributed by atoms with Gasteiger partial charge in [-0.2, -0.15) is 0 Å². The van der Waals surface area contributed by atoms with Crippen molar-refractivity contribution >= 4 is 5.82 Å².